The highest BCUT2D eigenvalue weighted by Gasteiger charge is 2.30. The Hall–Kier alpha value is -2.60. The predicted molar refractivity (Wildman–Crippen MR) is 114 cm³/mol. The fourth-order valence-corrected chi connectivity index (χ4v) is 4.87. The largest absolute Gasteiger partial charge is 0.360 e. The molecule has 0 bridgehead atoms. The fraction of sp³-hybridized carbons (Fsp3) is 0.435. The first-order valence-electron chi connectivity index (χ1n) is 10.7. The van der Waals surface area contributed by atoms with Crippen LogP contribution in [0.2, 0.25) is 5.02 Å². The zero-order valence-electron chi connectivity index (χ0n) is 17.0. The number of carbonyl (C=O) groups excluding carboxylic acids is 1. The van der Waals surface area contributed by atoms with E-state index in [9.17, 15) is 4.79 Å². The molecule has 1 aromatic carbocycles. The van der Waals surface area contributed by atoms with Crippen molar-refractivity contribution in [3.8, 4) is 0 Å². The zero-order valence-corrected chi connectivity index (χ0v) is 17.8. The molecule has 5 rings (SSSR count). The summed E-state index contributed by atoms with van der Waals surface area (Å²) in [5.41, 5.74) is 4.73. The maximum absolute atomic E-state index is 13.0. The molecule has 2 atom stereocenters. The Morgan fingerprint density at radius 3 is 3.03 bits per heavy atom. The fourth-order valence-electron chi connectivity index (χ4n) is 4.68. The van der Waals surface area contributed by atoms with Gasteiger partial charge in [0.05, 0.1) is 18.8 Å². The summed E-state index contributed by atoms with van der Waals surface area (Å²) in [7, 11) is 0. The summed E-state index contributed by atoms with van der Waals surface area (Å²) in [6.45, 7) is 2.84. The third-order valence-electron chi connectivity index (χ3n) is 6.35. The normalized spacial score (nSPS) is 20.5. The van der Waals surface area contributed by atoms with Crippen LogP contribution in [0.5, 0.6) is 0 Å². The van der Waals surface area contributed by atoms with E-state index in [-0.39, 0.29) is 11.9 Å². The van der Waals surface area contributed by atoms with Crippen molar-refractivity contribution in [1.82, 2.24) is 20.3 Å². The molecule has 156 valence electrons. The highest BCUT2D eigenvalue weighted by atomic mass is 35.5. The number of halogens is 1. The monoisotopic (exact) mass is 424 g/mol. The minimum atomic E-state index is -0.147. The van der Waals surface area contributed by atoms with Crippen LogP contribution in [0.15, 0.2) is 35.0 Å². The van der Waals surface area contributed by atoms with E-state index in [1.54, 1.807) is 0 Å². The van der Waals surface area contributed by atoms with Crippen molar-refractivity contribution in [1.29, 1.82) is 0 Å². The second-order valence-electron chi connectivity index (χ2n) is 8.49. The van der Waals surface area contributed by atoms with Gasteiger partial charge in [-0.15, -0.1) is 0 Å². The van der Waals surface area contributed by atoms with Crippen molar-refractivity contribution < 1.29 is 9.32 Å². The lowest BCUT2D eigenvalue weighted by molar-refractivity contribution is 0.0922. The Bertz CT molecular complexity index is 1090. The zero-order chi connectivity index (χ0) is 20.7. The summed E-state index contributed by atoms with van der Waals surface area (Å²) in [5, 5.41) is 12.6. The van der Waals surface area contributed by atoms with Crippen molar-refractivity contribution in [3.05, 3.63) is 69.3 Å². The van der Waals surface area contributed by atoms with Crippen LogP contribution in [0.25, 0.3) is 0 Å². The Labute approximate surface area is 180 Å². The minimum Gasteiger partial charge on any atom is -0.360 e. The highest BCUT2D eigenvalue weighted by Crippen LogP contribution is 2.32. The molecule has 0 saturated heterocycles. The Morgan fingerprint density at radius 1 is 1.30 bits per heavy atom. The SMILES string of the molecule is CC1CCc2onc(C(=O)NC3CCCc4c3cnn4Cc3ccccc3Cl)c2C1. The van der Waals surface area contributed by atoms with Crippen LogP contribution in [0.4, 0.5) is 0 Å². The minimum absolute atomic E-state index is 0.0605. The number of nitrogens with zero attached hydrogens (tertiary/aromatic N) is 3. The number of carbonyl (C=O) groups is 1. The summed E-state index contributed by atoms with van der Waals surface area (Å²) in [6.07, 6.45) is 7.53. The van der Waals surface area contributed by atoms with E-state index in [2.05, 4.69) is 22.5 Å². The second-order valence-corrected chi connectivity index (χ2v) is 8.90. The van der Waals surface area contributed by atoms with Crippen LogP contribution in [0.3, 0.4) is 0 Å². The van der Waals surface area contributed by atoms with Gasteiger partial charge in [0.2, 0.25) is 0 Å². The molecule has 30 heavy (non-hydrogen) atoms. The number of aryl methyl sites for hydroxylation is 1. The first-order valence-corrected chi connectivity index (χ1v) is 11.0. The van der Waals surface area contributed by atoms with Gasteiger partial charge in [0, 0.05) is 28.3 Å². The summed E-state index contributed by atoms with van der Waals surface area (Å²) >= 11 is 6.33. The van der Waals surface area contributed by atoms with Gasteiger partial charge in [0.25, 0.3) is 5.91 Å². The van der Waals surface area contributed by atoms with Crippen LogP contribution in [0.1, 0.15) is 70.9 Å². The first kappa shape index (κ1) is 19.4. The van der Waals surface area contributed by atoms with Crippen LogP contribution in [-0.2, 0) is 25.8 Å². The van der Waals surface area contributed by atoms with Gasteiger partial charge in [-0.3, -0.25) is 9.48 Å². The van der Waals surface area contributed by atoms with E-state index in [1.807, 2.05) is 35.1 Å². The lowest BCUT2D eigenvalue weighted by atomic mass is 9.88. The average Bonchev–Trinajstić information content (AvgIpc) is 3.34. The molecule has 7 heteroatoms. The maximum Gasteiger partial charge on any atom is 0.274 e. The number of hydrogen-bond acceptors (Lipinski definition) is 4. The number of benzene rings is 1. The third-order valence-corrected chi connectivity index (χ3v) is 6.72. The Kier molecular flexibility index (Phi) is 5.11. The molecular weight excluding hydrogens is 400 g/mol. The molecule has 0 spiro atoms. The van der Waals surface area contributed by atoms with Crippen LogP contribution in [0, 0.1) is 5.92 Å². The molecule has 2 unspecified atom stereocenters. The van der Waals surface area contributed by atoms with Gasteiger partial charge in [-0.2, -0.15) is 5.10 Å². The van der Waals surface area contributed by atoms with Gasteiger partial charge < -0.3 is 9.84 Å². The van der Waals surface area contributed by atoms with Gasteiger partial charge in [-0.05, 0) is 49.7 Å². The van der Waals surface area contributed by atoms with E-state index in [4.69, 9.17) is 16.1 Å². The Balaban J connectivity index is 1.36. The smallest absolute Gasteiger partial charge is 0.274 e. The van der Waals surface area contributed by atoms with Gasteiger partial charge in [-0.1, -0.05) is 41.9 Å². The van der Waals surface area contributed by atoms with E-state index in [0.29, 0.717) is 18.2 Å². The molecule has 2 heterocycles. The van der Waals surface area contributed by atoms with Crippen molar-refractivity contribution in [2.45, 2.75) is 58.0 Å². The summed E-state index contributed by atoms with van der Waals surface area (Å²) in [5.74, 6) is 1.27. The van der Waals surface area contributed by atoms with E-state index >= 15 is 0 Å². The maximum atomic E-state index is 13.0. The third kappa shape index (κ3) is 3.54. The molecule has 2 aliphatic rings. The van der Waals surface area contributed by atoms with Crippen LogP contribution >= 0.6 is 11.6 Å². The number of hydrogen-bond donors (Lipinski definition) is 1. The van der Waals surface area contributed by atoms with Crippen LogP contribution in [-0.4, -0.2) is 20.8 Å². The molecule has 0 saturated carbocycles. The first-order chi connectivity index (χ1) is 14.6. The van der Waals surface area contributed by atoms with Gasteiger partial charge in [0.1, 0.15) is 5.76 Å². The molecule has 6 nitrogen and oxygen atoms in total. The summed E-state index contributed by atoms with van der Waals surface area (Å²) in [6, 6.07) is 7.77. The van der Waals surface area contributed by atoms with Crippen LogP contribution < -0.4 is 5.32 Å². The van der Waals surface area contributed by atoms with Crippen molar-refractivity contribution in [3.63, 3.8) is 0 Å². The lowest BCUT2D eigenvalue weighted by Gasteiger charge is -2.24. The average molecular weight is 425 g/mol. The van der Waals surface area contributed by atoms with E-state index in [1.165, 1.54) is 5.69 Å². The number of fused-ring (bicyclic) bond motifs is 2. The number of nitrogens with one attached hydrogen (secondary N) is 1. The summed E-state index contributed by atoms with van der Waals surface area (Å²) < 4.78 is 7.47. The number of aromatic nitrogens is 3. The molecular formula is C23H25ClN4O2. The van der Waals surface area contributed by atoms with Gasteiger partial charge >= 0.3 is 0 Å². The number of rotatable bonds is 4. The standard InChI is InChI=1S/C23H25ClN4O2/c1-14-9-10-21-16(11-14)22(27-30-21)23(29)26-19-7-4-8-20-17(19)12-25-28(20)13-15-5-2-3-6-18(15)24/h2-3,5-6,12,14,19H,4,7-11,13H2,1H3,(H,26,29). The topological polar surface area (TPSA) is 73.0 Å². The molecule has 0 radical (unpaired) electrons. The Morgan fingerprint density at radius 2 is 2.17 bits per heavy atom. The van der Waals surface area contributed by atoms with Crippen molar-refractivity contribution in [2.75, 3.05) is 0 Å². The molecule has 0 fully saturated rings. The molecule has 1 N–H and O–H groups in total. The second kappa shape index (κ2) is 7.91. The lowest BCUT2D eigenvalue weighted by Crippen LogP contribution is -2.32. The highest BCUT2D eigenvalue weighted by molar-refractivity contribution is 6.31. The molecule has 1 amide bonds. The van der Waals surface area contributed by atoms with Crippen molar-refractivity contribution >= 4 is 17.5 Å². The summed E-state index contributed by atoms with van der Waals surface area (Å²) in [4.78, 5) is 13.0. The van der Waals surface area contributed by atoms with E-state index < -0.39 is 0 Å². The van der Waals surface area contributed by atoms with E-state index in [0.717, 1.165) is 66.0 Å². The molecule has 0 aliphatic heterocycles. The van der Waals surface area contributed by atoms with Gasteiger partial charge in [-0.25, -0.2) is 0 Å². The van der Waals surface area contributed by atoms with Gasteiger partial charge in [0.15, 0.2) is 5.69 Å². The van der Waals surface area contributed by atoms with Crippen molar-refractivity contribution in [2.24, 2.45) is 5.92 Å². The molecule has 2 aliphatic carbocycles. The quantitative estimate of drug-likeness (QED) is 0.669. The number of amides is 1. The predicted octanol–water partition coefficient (Wildman–Crippen LogP) is 4.51. The molecule has 3 aromatic rings. The molecule has 2 aromatic heterocycles.